The molecule has 178 valence electrons. The van der Waals surface area contributed by atoms with Gasteiger partial charge in [-0.1, -0.05) is 6.07 Å². The van der Waals surface area contributed by atoms with Gasteiger partial charge in [-0.3, -0.25) is 9.79 Å². The van der Waals surface area contributed by atoms with Gasteiger partial charge in [-0.15, -0.1) is 11.3 Å². The van der Waals surface area contributed by atoms with Gasteiger partial charge >= 0.3 is 11.9 Å². The van der Waals surface area contributed by atoms with Gasteiger partial charge in [-0.2, -0.15) is 0 Å². The van der Waals surface area contributed by atoms with Crippen molar-refractivity contribution in [1.82, 2.24) is 10.3 Å². The summed E-state index contributed by atoms with van der Waals surface area (Å²) in [5.74, 6) is -1.64. The number of amidine groups is 1. The largest absolute Gasteiger partial charge is 0.481 e. The van der Waals surface area contributed by atoms with Crippen molar-refractivity contribution in [3.63, 3.8) is 0 Å². The van der Waals surface area contributed by atoms with Crippen molar-refractivity contribution in [3.05, 3.63) is 62.7 Å². The predicted molar refractivity (Wildman–Crippen MR) is 118 cm³/mol. The Labute approximate surface area is 201 Å². The highest BCUT2D eigenvalue weighted by Crippen LogP contribution is 3.11. The Kier molecular flexibility index (Phi) is 3.33. The molecule has 0 unspecified atom stereocenters. The molecule has 0 spiro atoms. The van der Waals surface area contributed by atoms with Crippen LogP contribution in [-0.4, -0.2) is 35.0 Å². The fourth-order valence-corrected chi connectivity index (χ4v) is 9.89. The van der Waals surface area contributed by atoms with Crippen molar-refractivity contribution in [3.8, 4) is 0 Å². The van der Waals surface area contributed by atoms with Crippen molar-refractivity contribution in [1.29, 1.82) is 0 Å². The lowest BCUT2D eigenvalue weighted by Gasteiger charge is -3.10. The summed E-state index contributed by atoms with van der Waals surface area (Å²) in [4.78, 5) is 34.4. The summed E-state index contributed by atoms with van der Waals surface area (Å²) in [7, 11) is 1.29. The van der Waals surface area contributed by atoms with Gasteiger partial charge in [-0.25, -0.2) is 18.6 Å². The summed E-state index contributed by atoms with van der Waals surface area (Å²) in [6, 6.07) is 1.61. The van der Waals surface area contributed by atoms with E-state index in [-0.39, 0.29) is 46.5 Å². The number of carboxylic acid groups (broad SMARTS) is 1. The smallest absolute Gasteiger partial charge is 0.338 e. The standard InChI is InChI=1S/C25H19F2N3O4S/c1-7-8(3-4-9(26)17(7)27)18-10(22(31)34-2)19(30-20(29-18)21-28-5-6-35-21)24-11-14-12(24)16-13(24)15(11)25(14,16)23(32)33/h3-6,11-16,18H,1-2H3,(H,29,30)(H,32,33)/t11?,12?,13?,14?,15?,16?,18-,24?,25?/m1/s1. The number of esters is 1. The fraction of sp³-hybridized carbons (Fsp3) is 0.440. The Bertz CT molecular complexity index is 1410. The number of benzene rings is 1. The molecule has 2 N–H and O–H groups in total. The van der Waals surface area contributed by atoms with Gasteiger partial charge in [0.05, 0.1) is 18.1 Å². The minimum atomic E-state index is -0.974. The number of ether oxygens (including phenoxy) is 1. The van der Waals surface area contributed by atoms with Crippen molar-refractivity contribution < 1.29 is 28.2 Å². The third-order valence-corrected chi connectivity index (χ3v) is 11.0. The van der Waals surface area contributed by atoms with Crippen molar-refractivity contribution >= 4 is 29.1 Å². The van der Waals surface area contributed by atoms with Crippen LogP contribution in [-0.2, 0) is 14.3 Å². The van der Waals surface area contributed by atoms with Gasteiger partial charge in [0, 0.05) is 22.7 Å². The highest BCUT2D eigenvalue weighted by Gasteiger charge is 3.12. The molecular weight excluding hydrogens is 476 g/mol. The number of thiazole rings is 1. The second-order valence-corrected chi connectivity index (χ2v) is 11.4. The van der Waals surface area contributed by atoms with Gasteiger partial charge in [0.15, 0.2) is 22.5 Å². The lowest BCUT2D eigenvalue weighted by atomic mass is 8.92. The van der Waals surface area contributed by atoms with E-state index in [1.54, 1.807) is 6.20 Å². The SMILES string of the molecule is COC(=O)C1=C(C23C4C5C2C2C3C4C52C(=O)O)NC(c2nccs2)=N[C@@H]1c1ccc(F)c(F)c1C. The summed E-state index contributed by atoms with van der Waals surface area (Å²) in [5.41, 5.74) is 0.618. The van der Waals surface area contributed by atoms with Crippen LogP contribution in [0.4, 0.5) is 8.78 Å². The quantitative estimate of drug-likeness (QED) is 0.619. The second kappa shape index (κ2) is 5.80. The van der Waals surface area contributed by atoms with Crippen LogP contribution >= 0.6 is 11.3 Å². The van der Waals surface area contributed by atoms with Crippen molar-refractivity contribution in [2.75, 3.05) is 7.11 Å². The van der Waals surface area contributed by atoms with Crippen LogP contribution in [0.5, 0.6) is 0 Å². The lowest BCUT2D eigenvalue weighted by molar-refractivity contribution is -0.633. The summed E-state index contributed by atoms with van der Waals surface area (Å²) >= 11 is 1.38. The number of hydrogen-bond acceptors (Lipinski definition) is 7. The first-order valence-electron chi connectivity index (χ1n) is 11.6. The molecular formula is C25H19F2N3O4S. The zero-order chi connectivity index (χ0) is 24.2. The topological polar surface area (TPSA) is 101 Å². The number of nitrogens with one attached hydrogen (secondary N) is 1. The van der Waals surface area contributed by atoms with Crippen LogP contribution < -0.4 is 5.32 Å². The molecule has 0 saturated heterocycles. The maximum absolute atomic E-state index is 14.6. The third-order valence-electron chi connectivity index (χ3n) is 10.2. The van der Waals surface area contributed by atoms with E-state index in [1.165, 1.54) is 31.4 Å². The molecule has 1 atom stereocenters. The molecule has 2 heterocycles. The Morgan fingerprint density at radius 3 is 2.40 bits per heavy atom. The zero-order valence-electron chi connectivity index (χ0n) is 18.6. The Morgan fingerprint density at radius 2 is 1.83 bits per heavy atom. The zero-order valence-corrected chi connectivity index (χ0v) is 19.4. The number of aromatic nitrogens is 1. The lowest BCUT2D eigenvalue weighted by Crippen LogP contribution is -3.11. The number of aliphatic carboxylic acids is 1. The van der Waals surface area contributed by atoms with E-state index in [9.17, 15) is 23.5 Å². The molecule has 1 aromatic heterocycles. The summed E-state index contributed by atoms with van der Waals surface area (Å²) < 4.78 is 33.8. The molecule has 7 aliphatic rings. The van der Waals surface area contributed by atoms with Crippen LogP contribution in [0.2, 0.25) is 0 Å². The van der Waals surface area contributed by atoms with Crippen LogP contribution in [0.1, 0.15) is 22.2 Å². The van der Waals surface area contributed by atoms with E-state index in [0.717, 1.165) is 6.07 Å². The highest BCUT2D eigenvalue weighted by atomic mass is 32.1. The van der Waals surface area contributed by atoms with Crippen LogP contribution in [0.25, 0.3) is 0 Å². The molecule has 1 aliphatic heterocycles. The Balaban J connectivity index is 1.31. The number of carbonyl (C=O) groups excluding carboxylic acids is 1. The molecule has 1 aromatic carbocycles. The molecule has 0 bridgehead atoms. The average molecular weight is 496 g/mol. The van der Waals surface area contributed by atoms with Gasteiger partial charge in [0.1, 0.15) is 6.04 Å². The van der Waals surface area contributed by atoms with Crippen molar-refractivity contribution in [2.24, 2.45) is 51.3 Å². The van der Waals surface area contributed by atoms with Gasteiger partial charge < -0.3 is 15.2 Å². The van der Waals surface area contributed by atoms with E-state index >= 15 is 0 Å². The fourth-order valence-electron chi connectivity index (χ4n) is 9.31. The molecule has 35 heavy (non-hydrogen) atoms. The van der Waals surface area contributed by atoms with Crippen molar-refractivity contribution in [2.45, 2.75) is 13.0 Å². The highest BCUT2D eigenvalue weighted by molar-refractivity contribution is 7.11. The molecule has 6 saturated carbocycles. The van der Waals surface area contributed by atoms with Gasteiger partial charge in [0.2, 0.25) is 0 Å². The van der Waals surface area contributed by atoms with Gasteiger partial charge in [-0.05, 0) is 59.6 Å². The molecule has 0 radical (unpaired) electrons. The first kappa shape index (κ1) is 20.1. The third kappa shape index (κ3) is 1.70. The average Bonchev–Trinajstić information content (AvgIpc) is 3.41. The minimum Gasteiger partial charge on any atom is -0.481 e. The molecule has 0 amide bonds. The molecule has 6 aliphatic carbocycles. The predicted octanol–water partition coefficient (Wildman–Crippen LogP) is 3.07. The van der Waals surface area contributed by atoms with E-state index in [0.29, 0.717) is 27.7 Å². The maximum Gasteiger partial charge on any atom is 0.338 e. The van der Waals surface area contributed by atoms with E-state index in [4.69, 9.17) is 9.73 Å². The van der Waals surface area contributed by atoms with Crippen LogP contribution in [0.15, 0.2) is 40.0 Å². The summed E-state index contributed by atoms with van der Waals surface area (Å²) in [6.45, 7) is 1.48. The molecule has 2 aromatic rings. The number of carboxylic acids is 1. The minimum absolute atomic E-state index is 0.0824. The summed E-state index contributed by atoms with van der Waals surface area (Å²) in [5, 5.41) is 15.7. The van der Waals surface area contributed by atoms with E-state index in [2.05, 4.69) is 10.3 Å². The number of carbonyl (C=O) groups is 2. The summed E-state index contributed by atoms with van der Waals surface area (Å²) in [6.07, 6.45) is 1.65. The van der Waals surface area contributed by atoms with Crippen LogP contribution in [0, 0.1) is 64.9 Å². The second-order valence-electron chi connectivity index (χ2n) is 10.5. The van der Waals surface area contributed by atoms with Crippen LogP contribution in [0.3, 0.4) is 0 Å². The number of rotatable bonds is 5. The monoisotopic (exact) mass is 495 g/mol. The number of hydrogen-bond donors (Lipinski definition) is 2. The molecule has 9 rings (SSSR count). The molecule has 7 nitrogen and oxygen atoms in total. The Hall–Kier alpha value is -3.14. The first-order chi connectivity index (χ1) is 16.8. The number of halogens is 2. The Morgan fingerprint density at radius 1 is 1.14 bits per heavy atom. The molecule has 6 fully saturated rings. The van der Waals surface area contributed by atoms with Gasteiger partial charge in [0.25, 0.3) is 0 Å². The number of nitrogens with zero attached hydrogens (tertiary/aromatic N) is 2. The normalized spacial score (nSPS) is 42.3. The van der Waals surface area contributed by atoms with E-state index < -0.39 is 35.0 Å². The number of methoxy groups -OCH3 is 1. The van der Waals surface area contributed by atoms with E-state index in [1.807, 2.05) is 5.38 Å². The maximum atomic E-state index is 14.6. The molecule has 10 heteroatoms. The number of aliphatic imine (C=N–C) groups is 1. The number of allylic oxidation sites excluding steroid dienone is 1. The first-order valence-corrected chi connectivity index (χ1v) is 12.5.